The van der Waals surface area contributed by atoms with Crippen LogP contribution in [-0.2, 0) is 11.3 Å². The van der Waals surface area contributed by atoms with E-state index in [0.29, 0.717) is 35.7 Å². The quantitative estimate of drug-likeness (QED) is 0.741. The molecule has 0 fully saturated rings. The van der Waals surface area contributed by atoms with Crippen molar-refractivity contribution in [3.05, 3.63) is 18.4 Å². The zero-order valence-corrected chi connectivity index (χ0v) is 14.7. The van der Waals surface area contributed by atoms with E-state index in [9.17, 15) is 9.59 Å². The minimum Gasteiger partial charge on any atom is -0.461 e. The van der Waals surface area contributed by atoms with Gasteiger partial charge < -0.3 is 9.73 Å². The molecule has 0 unspecified atom stereocenters. The Morgan fingerprint density at radius 2 is 2.17 bits per heavy atom. The van der Waals surface area contributed by atoms with Gasteiger partial charge in [0.15, 0.2) is 16.7 Å². The monoisotopic (exact) mass is 351 g/mol. The van der Waals surface area contributed by atoms with E-state index in [4.69, 9.17) is 4.42 Å². The third kappa shape index (κ3) is 4.85. The van der Waals surface area contributed by atoms with Gasteiger partial charge in [0.2, 0.25) is 5.91 Å². The van der Waals surface area contributed by atoms with E-state index in [1.807, 2.05) is 10.6 Å². The molecule has 0 bridgehead atoms. The number of hydrogen-bond donors (Lipinski definition) is 2. The standard InChI is InChI=1S/C15H21N5O3S/c1-4-16-14(22)17-12(21)9-24-15-19-18-13(11-6-5-7-23-11)20(15)8-10(2)3/h5-7,10H,4,8-9H2,1-3H3,(H2,16,17,21,22). The Hall–Kier alpha value is -2.29. The highest BCUT2D eigenvalue weighted by molar-refractivity contribution is 7.99. The van der Waals surface area contributed by atoms with Crippen molar-refractivity contribution < 1.29 is 14.0 Å². The molecule has 0 saturated carbocycles. The molecule has 0 saturated heterocycles. The van der Waals surface area contributed by atoms with Gasteiger partial charge in [-0.15, -0.1) is 10.2 Å². The first kappa shape index (κ1) is 18.1. The van der Waals surface area contributed by atoms with Crippen LogP contribution in [0.1, 0.15) is 20.8 Å². The van der Waals surface area contributed by atoms with Crippen molar-refractivity contribution in [1.82, 2.24) is 25.4 Å². The van der Waals surface area contributed by atoms with Crippen LogP contribution in [-0.4, -0.2) is 39.0 Å². The average molecular weight is 351 g/mol. The highest BCUT2D eigenvalue weighted by atomic mass is 32.2. The van der Waals surface area contributed by atoms with Crippen LogP contribution in [0.3, 0.4) is 0 Å². The highest BCUT2D eigenvalue weighted by Crippen LogP contribution is 2.25. The first-order chi connectivity index (χ1) is 11.5. The Kier molecular flexibility index (Phi) is 6.42. The second kappa shape index (κ2) is 8.53. The molecule has 3 amide bonds. The van der Waals surface area contributed by atoms with Crippen LogP contribution in [0.4, 0.5) is 4.79 Å². The number of aromatic nitrogens is 3. The molecular formula is C15H21N5O3S. The summed E-state index contributed by atoms with van der Waals surface area (Å²) in [6, 6.07) is 3.11. The lowest BCUT2D eigenvalue weighted by molar-refractivity contribution is -0.117. The number of hydrogen-bond acceptors (Lipinski definition) is 6. The zero-order valence-electron chi connectivity index (χ0n) is 13.9. The fraction of sp³-hybridized carbons (Fsp3) is 0.467. The van der Waals surface area contributed by atoms with Gasteiger partial charge >= 0.3 is 6.03 Å². The van der Waals surface area contributed by atoms with Gasteiger partial charge in [0.25, 0.3) is 0 Å². The third-order valence-corrected chi connectivity index (χ3v) is 3.90. The van der Waals surface area contributed by atoms with Gasteiger partial charge in [0, 0.05) is 13.1 Å². The topological polar surface area (TPSA) is 102 Å². The smallest absolute Gasteiger partial charge is 0.321 e. The molecule has 2 N–H and O–H groups in total. The van der Waals surface area contributed by atoms with Crippen LogP contribution >= 0.6 is 11.8 Å². The molecule has 0 spiro atoms. The van der Waals surface area contributed by atoms with Gasteiger partial charge in [-0.2, -0.15) is 0 Å². The molecule has 0 aliphatic rings. The van der Waals surface area contributed by atoms with Crippen LogP contribution in [0.15, 0.2) is 28.0 Å². The lowest BCUT2D eigenvalue weighted by Crippen LogP contribution is -2.40. The largest absolute Gasteiger partial charge is 0.461 e. The molecule has 2 rings (SSSR count). The number of nitrogens with one attached hydrogen (secondary N) is 2. The second-order valence-corrected chi connectivity index (χ2v) is 6.43. The Balaban J connectivity index is 2.07. The van der Waals surface area contributed by atoms with E-state index in [2.05, 4.69) is 34.7 Å². The van der Waals surface area contributed by atoms with Crippen LogP contribution in [0.25, 0.3) is 11.6 Å². The maximum atomic E-state index is 11.8. The predicted octanol–water partition coefficient (Wildman–Crippen LogP) is 2.13. The number of thioether (sulfide) groups is 1. The Morgan fingerprint density at radius 1 is 1.38 bits per heavy atom. The van der Waals surface area contributed by atoms with Crippen molar-refractivity contribution in [3.63, 3.8) is 0 Å². The summed E-state index contributed by atoms with van der Waals surface area (Å²) >= 11 is 1.23. The van der Waals surface area contributed by atoms with Gasteiger partial charge in [-0.3, -0.25) is 14.7 Å². The number of urea groups is 1. The van der Waals surface area contributed by atoms with E-state index < -0.39 is 6.03 Å². The first-order valence-corrected chi connectivity index (χ1v) is 8.67. The van der Waals surface area contributed by atoms with Crippen LogP contribution in [0.5, 0.6) is 0 Å². The number of furan rings is 1. The molecule has 0 radical (unpaired) electrons. The summed E-state index contributed by atoms with van der Waals surface area (Å²) in [5.41, 5.74) is 0. The Morgan fingerprint density at radius 3 is 2.79 bits per heavy atom. The molecule has 2 heterocycles. The maximum Gasteiger partial charge on any atom is 0.321 e. The molecule has 0 aromatic carbocycles. The van der Waals surface area contributed by atoms with E-state index in [-0.39, 0.29) is 11.7 Å². The number of amides is 3. The summed E-state index contributed by atoms with van der Waals surface area (Å²) in [4.78, 5) is 23.1. The van der Waals surface area contributed by atoms with Gasteiger partial charge in [0.05, 0.1) is 12.0 Å². The summed E-state index contributed by atoms with van der Waals surface area (Å²) in [6.07, 6.45) is 1.58. The SMILES string of the molecule is CCNC(=O)NC(=O)CSc1nnc(-c2ccco2)n1CC(C)C. The summed E-state index contributed by atoms with van der Waals surface area (Å²) in [5, 5.41) is 13.7. The normalized spacial score (nSPS) is 10.8. The van der Waals surface area contributed by atoms with E-state index in [1.165, 1.54) is 11.8 Å². The van der Waals surface area contributed by atoms with Crippen LogP contribution in [0, 0.1) is 5.92 Å². The third-order valence-electron chi connectivity index (χ3n) is 2.93. The lowest BCUT2D eigenvalue weighted by atomic mass is 10.2. The van der Waals surface area contributed by atoms with Gasteiger partial charge in [-0.05, 0) is 25.0 Å². The van der Waals surface area contributed by atoms with Crippen molar-refractivity contribution in [2.45, 2.75) is 32.5 Å². The zero-order chi connectivity index (χ0) is 17.5. The molecule has 0 atom stereocenters. The van der Waals surface area contributed by atoms with Crippen molar-refractivity contribution in [3.8, 4) is 11.6 Å². The molecule has 24 heavy (non-hydrogen) atoms. The molecule has 2 aromatic heterocycles. The highest BCUT2D eigenvalue weighted by Gasteiger charge is 2.18. The molecule has 130 valence electrons. The number of nitrogens with zero attached hydrogens (tertiary/aromatic N) is 3. The van der Waals surface area contributed by atoms with Gasteiger partial charge in [-0.25, -0.2) is 4.79 Å². The molecule has 8 nitrogen and oxygen atoms in total. The molecule has 0 aliphatic carbocycles. The van der Waals surface area contributed by atoms with Crippen LogP contribution in [0.2, 0.25) is 0 Å². The first-order valence-electron chi connectivity index (χ1n) is 7.68. The summed E-state index contributed by atoms with van der Waals surface area (Å²) < 4.78 is 7.32. The van der Waals surface area contributed by atoms with Gasteiger partial charge in [0.1, 0.15) is 0 Å². The molecule has 0 aliphatic heterocycles. The molecule has 9 heteroatoms. The number of carbonyl (C=O) groups is 2. The van der Waals surface area contributed by atoms with Gasteiger partial charge in [-0.1, -0.05) is 25.6 Å². The van der Waals surface area contributed by atoms with Crippen molar-refractivity contribution in [2.24, 2.45) is 5.92 Å². The fourth-order valence-electron chi connectivity index (χ4n) is 2.01. The average Bonchev–Trinajstić information content (AvgIpc) is 3.14. The second-order valence-electron chi connectivity index (χ2n) is 5.48. The van der Waals surface area contributed by atoms with E-state index in [1.54, 1.807) is 19.3 Å². The predicted molar refractivity (Wildman–Crippen MR) is 90.5 cm³/mol. The Labute approximate surface area is 144 Å². The minimum absolute atomic E-state index is 0.0749. The summed E-state index contributed by atoms with van der Waals surface area (Å²) in [7, 11) is 0. The fourth-order valence-corrected chi connectivity index (χ4v) is 2.76. The molecule has 2 aromatic rings. The summed E-state index contributed by atoms with van der Waals surface area (Å²) in [5.74, 6) is 1.32. The van der Waals surface area contributed by atoms with E-state index in [0.717, 1.165) is 0 Å². The number of carbonyl (C=O) groups excluding carboxylic acids is 2. The van der Waals surface area contributed by atoms with Crippen LogP contribution < -0.4 is 10.6 Å². The van der Waals surface area contributed by atoms with Crippen molar-refractivity contribution in [1.29, 1.82) is 0 Å². The lowest BCUT2D eigenvalue weighted by Gasteiger charge is -2.11. The minimum atomic E-state index is -0.497. The number of imide groups is 1. The summed E-state index contributed by atoms with van der Waals surface area (Å²) in [6.45, 7) is 7.11. The number of rotatable bonds is 7. The van der Waals surface area contributed by atoms with E-state index >= 15 is 0 Å². The Bertz CT molecular complexity index is 681. The maximum absolute atomic E-state index is 11.8. The van der Waals surface area contributed by atoms with Crippen molar-refractivity contribution >= 4 is 23.7 Å². The molecular weight excluding hydrogens is 330 g/mol. The van der Waals surface area contributed by atoms with Crippen molar-refractivity contribution in [2.75, 3.05) is 12.3 Å².